The molecule has 0 saturated carbocycles. The third-order valence-electron chi connectivity index (χ3n) is 1.98. The van der Waals surface area contributed by atoms with Gasteiger partial charge in [-0.1, -0.05) is 22.4 Å². The molecular formula is C10H10N2O2S. The summed E-state index contributed by atoms with van der Waals surface area (Å²) in [6.07, 6.45) is 0. The first-order chi connectivity index (χ1) is 7.27. The van der Waals surface area contributed by atoms with Crippen LogP contribution < -0.4 is 0 Å². The average molecular weight is 222 g/mol. The highest BCUT2D eigenvalue weighted by Crippen LogP contribution is 2.30. The molecule has 1 aromatic carbocycles. The van der Waals surface area contributed by atoms with Crippen molar-refractivity contribution in [2.24, 2.45) is 0 Å². The number of aryl methyl sites for hydroxylation is 1. The Kier molecular flexibility index (Phi) is 2.91. The van der Waals surface area contributed by atoms with E-state index in [1.165, 1.54) is 11.8 Å². The van der Waals surface area contributed by atoms with Crippen LogP contribution in [0.15, 0.2) is 33.8 Å². The maximum atomic E-state index is 9.53. The molecule has 0 unspecified atom stereocenters. The summed E-state index contributed by atoms with van der Waals surface area (Å²) in [5, 5.41) is 17.0. The van der Waals surface area contributed by atoms with Crippen LogP contribution >= 0.6 is 11.8 Å². The highest BCUT2D eigenvalue weighted by atomic mass is 32.2. The Hall–Kier alpha value is -1.49. The largest absolute Gasteiger partial charge is 0.507 e. The normalized spacial score (nSPS) is 10.5. The topological polar surface area (TPSA) is 59.2 Å². The van der Waals surface area contributed by atoms with Crippen LogP contribution in [0.5, 0.6) is 5.75 Å². The summed E-state index contributed by atoms with van der Waals surface area (Å²) in [5.41, 5.74) is 1.60. The highest BCUT2D eigenvalue weighted by Gasteiger charge is 2.07. The monoisotopic (exact) mass is 222 g/mol. The van der Waals surface area contributed by atoms with E-state index in [4.69, 9.17) is 0 Å². The molecule has 0 aliphatic rings. The van der Waals surface area contributed by atoms with Crippen molar-refractivity contribution in [3.63, 3.8) is 0 Å². The minimum Gasteiger partial charge on any atom is -0.507 e. The minimum absolute atomic E-state index is 0.289. The third kappa shape index (κ3) is 2.30. The lowest BCUT2D eigenvalue weighted by molar-refractivity contribution is 0.302. The molecule has 0 fully saturated rings. The summed E-state index contributed by atoms with van der Waals surface area (Å²) in [6.45, 7) is 1.84. The number of rotatable bonds is 3. The van der Waals surface area contributed by atoms with E-state index in [9.17, 15) is 5.11 Å². The van der Waals surface area contributed by atoms with Gasteiger partial charge >= 0.3 is 0 Å². The van der Waals surface area contributed by atoms with E-state index >= 15 is 0 Å². The first kappa shape index (κ1) is 10.0. The molecule has 0 aliphatic carbocycles. The number of para-hydroxylation sites is 1. The standard InChI is InChI=1S/C10H10N2O2S/c1-7-8(12-14-11-7)6-15-10-5-3-2-4-9(10)13/h2-5,13H,6H2,1H3. The van der Waals surface area contributed by atoms with Crippen molar-refractivity contribution in [2.75, 3.05) is 0 Å². The number of hydrogen-bond acceptors (Lipinski definition) is 5. The first-order valence-corrected chi connectivity index (χ1v) is 5.45. The fourth-order valence-electron chi connectivity index (χ4n) is 1.11. The summed E-state index contributed by atoms with van der Waals surface area (Å²) in [4.78, 5) is 0.833. The molecule has 0 aliphatic heterocycles. The van der Waals surface area contributed by atoms with Crippen LogP contribution in [-0.2, 0) is 5.75 Å². The van der Waals surface area contributed by atoms with Crippen molar-refractivity contribution in [2.45, 2.75) is 17.6 Å². The number of benzene rings is 1. The summed E-state index contributed by atoms with van der Waals surface area (Å²) in [5.74, 6) is 0.934. The Balaban J connectivity index is 2.06. The fraction of sp³-hybridized carbons (Fsp3) is 0.200. The minimum atomic E-state index is 0.289. The number of aromatic nitrogens is 2. The molecule has 15 heavy (non-hydrogen) atoms. The Morgan fingerprint density at radius 2 is 2.13 bits per heavy atom. The van der Waals surface area contributed by atoms with E-state index in [1.807, 2.05) is 19.1 Å². The number of phenols is 1. The van der Waals surface area contributed by atoms with Crippen molar-refractivity contribution in [3.05, 3.63) is 35.7 Å². The second-order valence-electron chi connectivity index (χ2n) is 3.05. The van der Waals surface area contributed by atoms with Gasteiger partial charge < -0.3 is 5.11 Å². The van der Waals surface area contributed by atoms with Crippen molar-refractivity contribution >= 4 is 11.8 Å². The number of nitrogens with zero attached hydrogens (tertiary/aromatic N) is 2. The molecule has 1 N–H and O–H groups in total. The average Bonchev–Trinajstić information content (AvgIpc) is 2.63. The molecule has 0 spiro atoms. The maximum absolute atomic E-state index is 9.53. The smallest absolute Gasteiger partial charge is 0.129 e. The van der Waals surface area contributed by atoms with Crippen molar-refractivity contribution in [1.82, 2.24) is 10.3 Å². The van der Waals surface area contributed by atoms with Crippen LogP contribution in [0.25, 0.3) is 0 Å². The van der Waals surface area contributed by atoms with Gasteiger partial charge in [-0.2, -0.15) is 0 Å². The number of thioether (sulfide) groups is 1. The van der Waals surface area contributed by atoms with Gasteiger partial charge in [0.15, 0.2) is 0 Å². The van der Waals surface area contributed by atoms with Crippen LogP contribution in [0, 0.1) is 6.92 Å². The van der Waals surface area contributed by atoms with E-state index in [0.29, 0.717) is 5.75 Å². The predicted molar refractivity (Wildman–Crippen MR) is 56.7 cm³/mol. The van der Waals surface area contributed by atoms with E-state index in [-0.39, 0.29) is 5.75 Å². The Labute approximate surface area is 91.3 Å². The lowest BCUT2D eigenvalue weighted by atomic mass is 10.3. The Morgan fingerprint density at radius 1 is 1.33 bits per heavy atom. The predicted octanol–water partition coefficient (Wildman–Crippen LogP) is 2.38. The second kappa shape index (κ2) is 4.35. The van der Waals surface area contributed by atoms with Crippen LogP contribution in [0.2, 0.25) is 0 Å². The summed E-state index contributed by atoms with van der Waals surface area (Å²) < 4.78 is 4.59. The van der Waals surface area contributed by atoms with Crippen LogP contribution in [0.1, 0.15) is 11.4 Å². The molecule has 0 bridgehead atoms. The number of phenolic OH excluding ortho intramolecular Hbond substituents is 1. The zero-order valence-corrected chi connectivity index (χ0v) is 8.99. The van der Waals surface area contributed by atoms with E-state index in [2.05, 4.69) is 14.9 Å². The summed E-state index contributed by atoms with van der Waals surface area (Å²) >= 11 is 1.51. The van der Waals surface area contributed by atoms with Gasteiger partial charge in [-0.3, -0.25) is 0 Å². The van der Waals surface area contributed by atoms with Gasteiger partial charge in [-0.25, -0.2) is 4.63 Å². The molecule has 1 aromatic heterocycles. The molecule has 4 nitrogen and oxygen atoms in total. The lowest BCUT2D eigenvalue weighted by Crippen LogP contribution is -1.84. The van der Waals surface area contributed by atoms with Gasteiger partial charge in [0.2, 0.25) is 0 Å². The quantitative estimate of drug-likeness (QED) is 0.808. The SMILES string of the molecule is Cc1nonc1CSc1ccccc1O. The molecule has 2 rings (SSSR count). The van der Waals surface area contributed by atoms with Crippen LogP contribution in [-0.4, -0.2) is 15.4 Å². The molecule has 0 atom stereocenters. The molecule has 1 heterocycles. The number of hydrogen-bond donors (Lipinski definition) is 1. The molecular weight excluding hydrogens is 212 g/mol. The van der Waals surface area contributed by atoms with Crippen molar-refractivity contribution in [3.8, 4) is 5.75 Å². The lowest BCUT2D eigenvalue weighted by Gasteiger charge is -2.01. The molecule has 0 amide bonds. The van der Waals surface area contributed by atoms with E-state index < -0.39 is 0 Å². The molecule has 5 heteroatoms. The highest BCUT2D eigenvalue weighted by molar-refractivity contribution is 7.98. The molecule has 0 saturated heterocycles. The Morgan fingerprint density at radius 3 is 2.80 bits per heavy atom. The second-order valence-corrected chi connectivity index (χ2v) is 4.07. The van der Waals surface area contributed by atoms with Gasteiger partial charge in [-0.05, 0) is 19.1 Å². The molecule has 2 aromatic rings. The van der Waals surface area contributed by atoms with E-state index in [1.54, 1.807) is 12.1 Å². The molecule has 78 valence electrons. The number of aromatic hydroxyl groups is 1. The van der Waals surface area contributed by atoms with Crippen molar-refractivity contribution < 1.29 is 9.74 Å². The first-order valence-electron chi connectivity index (χ1n) is 4.46. The Bertz CT molecular complexity index is 456. The maximum Gasteiger partial charge on any atom is 0.129 e. The molecule has 0 radical (unpaired) electrons. The zero-order chi connectivity index (χ0) is 10.7. The van der Waals surface area contributed by atoms with Crippen molar-refractivity contribution in [1.29, 1.82) is 0 Å². The van der Waals surface area contributed by atoms with Gasteiger partial charge in [-0.15, -0.1) is 11.8 Å². The van der Waals surface area contributed by atoms with Gasteiger partial charge in [0.05, 0.1) is 0 Å². The van der Waals surface area contributed by atoms with Gasteiger partial charge in [0.25, 0.3) is 0 Å². The van der Waals surface area contributed by atoms with Crippen LogP contribution in [0.3, 0.4) is 0 Å². The van der Waals surface area contributed by atoms with E-state index in [0.717, 1.165) is 16.3 Å². The third-order valence-corrected chi connectivity index (χ3v) is 3.05. The summed E-state index contributed by atoms with van der Waals surface area (Å²) in [7, 11) is 0. The van der Waals surface area contributed by atoms with Gasteiger partial charge in [0.1, 0.15) is 17.1 Å². The zero-order valence-electron chi connectivity index (χ0n) is 8.17. The van der Waals surface area contributed by atoms with Crippen LogP contribution in [0.4, 0.5) is 0 Å². The van der Waals surface area contributed by atoms with Gasteiger partial charge in [0, 0.05) is 10.6 Å². The fourth-order valence-corrected chi connectivity index (χ4v) is 2.05. The summed E-state index contributed by atoms with van der Waals surface area (Å²) in [6, 6.07) is 7.21.